The summed E-state index contributed by atoms with van der Waals surface area (Å²) < 4.78 is 0. The standard InChI is InChI=1S/C9H14N2O3/c1-3-7(4-6(2)12)8-5-14-11(10)9(8)13/h4,8H,3,5,10H2,1-2H3. The summed E-state index contributed by atoms with van der Waals surface area (Å²) in [4.78, 5) is 27.1. The molecule has 0 radical (unpaired) electrons. The molecule has 5 heteroatoms. The molecule has 0 aliphatic carbocycles. The molecule has 1 rings (SSSR count). The van der Waals surface area contributed by atoms with Crippen molar-refractivity contribution in [2.45, 2.75) is 20.3 Å². The Kier molecular flexibility index (Phi) is 3.38. The summed E-state index contributed by atoms with van der Waals surface area (Å²) in [6, 6.07) is 0. The van der Waals surface area contributed by atoms with Crippen LogP contribution in [0.15, 0.2) is 11.6 Å². The Balaban J connectivity index is 2.81. The van der Waals surface area contributed by atoms with Crippen LogP contribution in [0.2, 0.25) is 0 Å². The number of amides is 1. The molecule has 1 heterocycles. The van der Waals surface area contributed by atoms with Crippen LogP contribution >= 0.6 is 0 Å². The molecule has 0 bridgehead atoms. The molecule has 1 unspecified atom stereocenters. The zero-order chi connectivity index (χ0) is 10.7. The lowest BCUT2D eigenvalue weighted by Gasteiger charge is -2.08. The first-order chi connectivity index (χ1) is 6.56. The van der Waals surface area contributed by atoms with Crippen LogP contribution in [0.4, 0.5) is 0 Å². The van der Waals surface area contributed by atoms with Crippen LogP contribution in [-0.2, 0) is 14.4 Å². The van der Waals surface area contributed by atoms with Gasteiger partial charge in [-0.05, 0) is 19.4 Å². The van der Waals surface area contributed by atoms with Crippen molar-refractivity contribution in [1.82, 2.24) is 5.17 Å². The van der Waals surface area contributed by atoms with Crippen LogP contribution in [0.5, 0.6) is 0 Å². The van der Waals surface area contributed by atoms with E-state index in [0.29, 0.717) is 6.42 Å². The zero-order valence-corrected chi connectivity index (χ0v) is 8.32. The number of hydrogen-bond donors (Lipinski definition) is 1. The molecular weight excluding hydrogens is 184 g/mol. The Morgan fingerprint density at radius 2 is 2.43 bits per heavy atom. The maximum atomic E-state index is 11.4. The minimum atomic E-state index is -0.395. The molecule has 1 amide bonds. The number of hydrazine groups is 1. The molecule has 0 aromatic heterocycles. The van der Waals surface area contributed by atoms with Gasteiger partial charge in [-0.2, -0.15) is 5.17 Å². The van der Waals surface area contributed by atoms with E-state index in [1.807, 2.05) is 6.92 Å². The van der Waals surface area contributed by atoms with Crippen LogP contribution in [0.1, 0.15) is 20.3 Å². The van der Waals surface area contributed by atoms with Crippen molar-refractivity contribution in [1.29, 1.82) is 0 Å². The number of nitrogens with two attached hydrogens (primary N) is 1. The SMILES string of the molecule is CCC(=CC(C)=O)C1CON(N)C1=O. The van der Waals surface area contributed by atoms with Gasteiger partial charge >= 0.3 is 0 Å². The van der Waals surface area contributed by atoms with E-state index in [4.69, 9.17) is 10.7 Å². The van der Waals surface area contributed by atoms with Crippen molar-refractivity contribution in [2.75, 3.05) is 6.61 Å². The van der Waals surface area contributed by atoms with Crippen LogP contribution < -0.4 is 5.84 Å². The van der Waals surface area contributed by atoms with Gasteiger partial charge in [-0.3, -0.25) is 14.4 Å². The first-order valence-corrected chi connectivity index (χ1v) is 4.48. The lowest BCUT2D eigenvalue weighted by atomic mass is 9.96. The Labute approximate surface area is 82.4 Å². The van der Waals surface area contributed by atoms with Crippen molar-refractivity contribution < 1.29 is 14.4 Å². The molecule has 1 atom stereocenters. The van der Waals surface area contributed by atoms with E-state index in [1.54, 1.807) is 0 Å². The van der Waals surface area contributed by atoms with Crippen LogP contribution in [0.3, 0.4) is 0 Å². The number of carbonyl (C=O) groups is 2. The van der Waals surface area contributed by atoms with Crippen molar-refractivity contribution in [3.8, 4) is 0 Å². The highest BCUT2D eigenvalue weighted by Gasteiger charge is 2.33. The summed E-state index contributed by atoms with van der Waals surface area (Å²) in [5.41, 5.74) is 0.774. The minimum absolute atomic E-state index is 0.0647. The molecule has 1 aliphatic rings. The second-order valence-electron chi connectivity index (χ2n) is 3.20. The second-order valence-corrected chi connectivity index (χ2v) is 3.20. The number of carbonyl (C=O) groups excluding carboxylic acids is 2. The normalized spacial score (nSPS) is 23.1. The lowest BCUT2D eigenvalue weighted by Crippen LogP contribution is -2.33. The Bertz CT molecular complexity index is 286. The number of hydrogen-bond acceptors (Lipinski definition) is 4. The van der Waals surface area contributed by atoms with Gasteiger partial charge in [0.25, 0.3) is 5.91 Å². The van der Waals surface area contributed by atoms with Crippen molar-refractivity contribution >= 4 is 11.7 Å². The third-order valence-electron chi connectivity index (χ3n) is 2.14. The molecule has 1 aliphatic heterocycles. The fraction of sp³-hybridized carbons (Fsp3) is 0.556. The highest BCUT2D eigenvalue weighted by Crippen LogP contribution is 2.22. The minimum Gasteiger partial charge on any atom is -0.295 e. The van der Waals surface area contributed by atoms with Gasteiger partial charge in [0, 0.05) is 0 Å². The first-order valence-electron chi connectivity index (χ1n) is 4.48. The summed E-state index contributed by atoms with van der Waals surface area (Å²) in [7, 11) is 0. The monoisotopic (exact) mass is 198 g/mol. The van der Waals surface area contributed by atoms with Crippen molar-refractivity contribution in [3.05, 3.63) is 11.6 Å². The van der Waals surface area contributed by atoms with Crippen LogP contribution in [0, 0.1) is 5.92 Å². The fourth-order valence-corrected chi connectivity index (χ4v) is 1.42. The number of rotatable bonds is 3. The number of ketones is 1. The quantitative estimate of drug-likeness (QED) is 0.399. The Morgan fingerprint density at radius 3 is 2.79 bits per heavy atom. The molecule has 0 saturated carbocycles. The maximum Gasteiger partial charge on any atom is 0.270 e. The zero-order valence-electron chi connectivity index (χ0n) is 8.32. The van der Waals surface area contributed by atoms with Gasteiger partial charge in [-0.1, -0.05) is 12.5 Å². The maximum absolute atomic E-state index is 11.4. The topological polar surface area (TPSA) is 72.6 Å². The van der Waals surface area contributed by atoms with E-state index in [9.17, 15) is 9.59 Å². The van der Waals surface area contributed by atoms with Gasteiger partial charge in [0.2, 0.25) is 0 Å². The summed E-state index contributed by atoms with van der Waals surface area (Å²) in [5.74, 6) is 4.49. The molecule has 0 spiro atoms. The van der Waals surface area contributed by atoms with Gasteiger partial charge in [0.05, 0.1) is 12.5 Å². The van der Waals surface area contributed by atoms with Crippen LogP contribution in [0.25, 0.3) is 0 Å². The molecular formula is C9H14N2O3. The van der Waals surface area contributed by atoms with E-state index < -0.39 is 5.92 Å². The third-order valence-corrected chi connectivity index (χ3v) is 2.14. The van der Waals surface area contributed by atoms with E-state index in [-0.39, 0.29) is 18.3 Å². The molecule has 0 aromatic rings. The largest absolute Gasteiger partial charge is 0.295 e. The number of hydroxylamine groups is 1. The average Bonchev–Trinajstić information content (AvgIpc) is 2.44. The predicted octanol–water partition coefficient (Wildman–Crippen LogP) is 0.176. The number of allylic oxidation sites excluding steroid dienone is 1. The number of nitrogens with zero attached hydrogens (tertiary/aromatic N) is 1. The molecule has 78 valence electrons. The van der Waals surface area contributed by atoms with Crippen LogP contribution in [-0.4, -0.2) is 23.5 Å². The van der Waals surface area contributed by atoms with Gasteiger partial charge in [-0.25, -0.2) is 5.84 Å². The van der Waals surface area contributed by atoms with Gasteiger partial charge in [0.1, 0.15) is 0 Å². The van der Waals surface area contributed by atoms with Gasteiger partial charge in [0.15, 0.2) is 5.78 Å². The summed E-state index contributed by atoms with van der Waals surface area (Å²) in [6.07, 6.45) is 2.12. The van der Waals surface area contributed by atoms with E-state index in [1.165, 1.54) is 13.0 Å². The third kappa shape index (κ3) is 2.18. The van der Waals surface area contributed by atoms with Crippen molar-refractivity contribution in [3.63, 3.8) is 0 Å². The molecule has 14 heavy (non-hydrogen) atoms. The van der Waals surface area contributed by atoms with E-state index in [2.05, 4.69) is 0 Å². The molecule has 5 nitrogen and oxygen atoms in total. The highest BCUT2D eigenvalue weighted by atomic mass is 16.7. The Hall–Kier alpha value is -1.20. The average molecular weight is 198 g/mol. The summed E-state index contributed by atoms with van der Waals surface area (Å²) in [5, 5.41) is 0.730. The van der Waals surface area contributed by atoms with E-state index >= 15 is 0 Å². The van der Waals surface area contributed by atoms with Gasteiger partial charge < -0.3 is 0 Å². The summed E-state index contributed by atoms with van der Waals surface area (Å²) >= 11 is 0. The predicted molar refractivity (Wildman–Crippen MR) is 49.5 cm³/mol. The Morgan fingerprint density at radius 1 is 1.79 bits per heavy atom. The first kappa shape index (κ1) is 10.9. The van der Waals surface area contributed by atoms with Crippen molar-refractivity contribution in [2.24, 2.45) is 11.8 Å². The lowest BCUT2D eigenvalue weighted by molar-refractivity contribution is -0.162. The molecule has 1 fully saturated rings. The second kappa shape index (κ2) is 4.34. The molecule has 1 saturated heterocycles. The molecule has 2 N–H and O–H groups in total. The van der Waals surface area contributed by atoms with E-state index in [0.717, 1.165) is 10.7 Å². The van der Waals surface area contributed by atoms with Gasteiger partial charge in [-0.15, -0.1) is 0 Å². The summed E-state index contributed by atoms with van der Waals surface area (Å²) in [6.45, 7) is 3.57. The fourth-order valence-electron chi connectivity index (χ4n) is 1.42. The molecule has 0 aromatic carbocycles. The smallest absolute Gasteiger partial charge is 0.270 e. The highest BCUT2D eigenvalue weighted by molar-refractivity contribution is 5.90.